The summed E-state index contributed by atoms with van der Waals surface area (Å²) in [5.41, 5.74) is 0.487. The first-order valence-corrected chi connectivity index (χ1v) is 7.69. The molecule has 0 aliphatic heterocycles. The summed E-state index contributed by atoms with van der Waals surface area (Å²) >= 11 is 13.1. The summed E-state index contributed by atoms with van der Waals surface area (Å²) in [7, 11) is 0. The Labute approximate surface area is 138 Å². The standard InChI is InChI=1S/C13H9Cl2N3O3S/c1-6-11(12(19)20)18-13(16-6)22-10(17-18)5-21-9-3-2-7(14)4-8(9)15/h2-4H,5H2,1H3,(H,19,20). The van der Waals surface area contributed by atoms with E-state index >= 15 is 0 Å². The molecule has 0 aliphatic rings. The number of ether oxygens (including phenoxy) is 1. The maximum absolute atomic E-state index is 11.2. The van der Waals surface area contributed by atoms with Crippen molar-refractivity contribution >= 4 is 45.5 Å². The number of aromatic nitrogens is 3. The van der Waals surface area contributed by atoms with Crippen LogP contribution in [-0.4, -0.2) is 25.7 Å². The Morgan fingerprint density at radius 1 is 1.45 bits per heavy atom. The zero-order valence-electron chi connectivity index (χ0n) is 11.2. The fourth-order valence-corrected chi connectivity index (χ4v) is 3.24. The third-order valence-corrected chi connectivity index (χ3v) is 4.28. The van der Waals surface area contributed by atoms with Crippen LogP contribution < -0.4 is 4.74 Å². The largest absolute Gasteiger partial charge is 0.485 e. The highest BCUT2D eigenvalue weighted by Gasteiger charge is 2.19. The van der Waals surface area contributed by atoms with E-state index in [-0.39, 0.29) is 12.3 Å². The van der Waals surface area contributed by atoms with Gasteiger partial charge in [0.2, 0.25) is 4.96 Å². The Hall–Kier alpha value is -1.83. The number of hydrogen-bond acceptors (Lipinski definition) is 5. The second-order valence-corrected chi connectivity index (χ2v) is 6.29. The second-order valence-electron chi connectivity index (χ2n) is 4.40. The number of nitrogens with zero attached hydrogens (tertiary/aromatic N) is 3. The highest BCUT2D eigenvalue weighted by atomic mass is 35.5. The number of hydrogen-bond donors (Lipinski definition) is 1. The van der Waals surface area contributed by atoms with Crippen LogP contribution in [0.2, 0.25) is 10.0 Å². The second kappa shape index (κ2) is 5.75. The highest BCUT2D eigenvalue weighted by Crippen LogP contribution is 2.28. The Kier molecular flexibility index (Phi) is 3.94. The molecule has 1 aromatic carbocycles. The molecule has 0 atom stereocenters. The molecule has 114 valence electrons. The zero-order valence-corrected chi connectivity index (χ0v) is 13.5. The van der Waals surface area contributed by atoms with Crippen molar-refractivity contribution in [2.45, 2.75) is 13.5 Å². The molecule has 0 bridgehead atoms. The van der Waals surface area contributed by atoms with Crippen LogP contribution in [0, 0.1) is 6.92 Å². The first kappa shape index (κ1) is 15.1. The number of carbonyl (C=O) groups is 1. The van der Waals surface area contributed by atoms with Crippen molar-refractivity contribution < 1.29 is 14.6 Å². The third kappa shape index (κ3) is 2.75. The molecule has 2 aromatic heterocycles. The highest BCUT2D eigenvalue weighted by molar-refractivity contribution is 7.16. The molecule has 1 N–H and O–H groups in total. The molecule has 3 aromatic rings. The van der Waals surface area contributed by atoms with E-state index in [9.17, 15) is 9.90 Å². The molecule has 0 saturated carbocycles. The molecule has 3 rings (SSSR count). The van der Waals surface area contributed by atoms with E-state index in [2.05, 4.69) is 10.1 Å². The fourth-order valence-electron chi connectivity index (χ4n) is 1.92. The molecule has 0 saturated heterocycles. The van der Waals surface area contributed by atoms with Gasteiger partial charge in [-0.25, -0.2) is 9.78 Å². The minimum absolute atomic E-state index is 0.0574. The smallest absolute Gasteiger partial charge is 0.356 e. The lowest BCUT2D eigenvalue weighted by molar-refractivity contribution is 0.0687. The van der Waals surface area contributed by atoms with Crippen molar-refractivity contribution in [1.82, 2.24) is 14.6 Å². The lowest BCUT2D eigenvalue weighted by Crippen LogP contribution is -2.05. The van der Waals surface area contributed by atoms with E-state index in [1.807, 2.05) is 0 Å². The lowest BCUT2D eigenvalue weighted by atomic mass is 10.3. The van der Waals surface area contributed by atoms with Gasteiger partial charge in [-0.1, -0.05) is 34.5 Å². The molecule has 0 fully saturated rings. The van der Waals surface area contributed by atoms with Crippen molar-refractivity contribution in [2.75, 3.05) is 0 Å². The SMILES string of the molecule is Cc1nc2sc(COc3ccc(Cl)cc3Cl)nn2c1C(=O)O. The lowest BCUT2D eigenvalue weighted by Gasteiger charge is -2.05. The molecule has 0 radical (unpaired) electrons. The van der Waals surface area contributed by atoms with Crippen LogP contribution in [-0.2, 0) is 6.61 Å². The molecule has 9 heteroatoms. The first-order valence-electron chi connectivity index (χ1n) is 6.12. The van der Waals surface area contributed by atoms with Gasteiger partial charge in [-0.15, -0.1) is 0 Å². The summed E-state index contributed by atoms with van der Waals surface area (Å²) in [6.45, 7) is 1.79. The summed E-state index contributed by atoms with van der Waals surface area (Å²) in [6, 6.07) is 4.92. The molecular formula is C13H9Cl2N3O3S. The van der Waals surface area contributed by atoms with E-state index < -0.39 is 5.97 Å². The topological polar surface area (TPSA) is 76.7 Å². The molecule has 0 amide bonds. The van der Waals surface area contributed by atoms with Gasteiger partial charge in [0.15, 0.2) is 10.7 Å². The fraction of sp³-hybridized carbons (Fsp3) is 0.154. The minimum atomic E-state index is -1.07. The van der Waals surface area contributed by atoms with Crippen LogP contribution in [0.25, 0.3) is 4.96 Å². The number of benzene rings is 1. The Bertz CT molecular complexity index is 875. The maximum atomic E-state index is 11.2. The molecule has 0 aliphatic carbocycles. The van der Waals surface area contributed by atoms with Gasteiger partial charge in [0.1, 0.15) is 12.4 Å². The van der Waals surface area contributed by atoms with Crippen molar-refractivity contribution in [3.63, 3.8) is 0 Å². The van der Waals surface area contributed by atoms with Gasteiger partial charge < -0.3 is 9.84 Å². The van der Waals surface area contributed by atoms with E-state index in [0.29, 0.717) is 31.5 Å². The van der Waals surface area contributed by atoms with Gasteiger partial charge in [-0.2, -0.15) is 9.61 Å². The van der Waals surface area contributed by atoms with Crippen molar-refractivity contribution in [2.24, 2.45) is 0 Å². The van der Waals surface area contributed by atoms with Gasteiger partial charge in [-0.05, 0) is 25.1 Å². The Morgan fingerprint density at radius 2 is 2.23 bits per heavy atom. The zero-order chi connectivity index (χ0) is 15.9. The molecule has 0 unspecified atom stereocenters. The van der Waals surface area contributed by atoms with Crippen LogP contribution >= 0.6 is 34.5 Å². The number of fused-ring (bicyclic) bond motifs is 1. The maximum Gasteiger partial charge on any atom is 0.356 e. The summed E-state index contributed by atoms with van der Waals surface area (Å²) < 4.78 is 6.89. The van der Waals surface area contributed by atoms with Gasteiger partial charge in [0.05, 0.1) is 10.7 Å². The van der Waals surface area contributed by atoms with Gasteiger partial charge in [-0.3, -0.25) is 0 Å². The number of halogens is 2. The molecule has 2 heterocycles. The van der Waals surface area contributed by atoms with Gasteiger partial charge >= 0.3 is 5.97 Å². The summed E-state index contributed by atoms with van der Waals surface area (Å²) in [5, 5.41) is 14.9. The molecule has 6 nitrogen and oxygen atoms in total. The number of aryl methyl sites for hydroxylation is 1. The van der Waals surface area contributed by atoms with Crippen LogP contribution in [0.15, 0.2) is 18.2 Å². The Balaban J connectivity index is 1.84. The molecular weight excluding hydrogens is 349 g/mol. The average molecular weight is 358 g/mol. The summed E-state index contributed by atoms with van der Waals surface area (Å²) in [4.78, 5) is 15.9. The van der Waals surface area contributed by atoms with E-state index in [1.54, 1.807) is 25.1 Å². The van der Waals surface area contributed by atoms with E-state index in [1.165, 1.54) is 15.9 Å². The monoisotopic (exact) mass is 357 g/mol. The van der Waals surface area contributed by atoms with Crippen LogP contribution in [0.5, 0.6) is 5.75 Å². The predicted molar refractivity (Wildman–Crippen MR) is 83.4 cm³/mol. The van der Waals surface area contributed by atoms with Crippen LogP contribution in [0.1, 0.15) is 21.2 Å². The predicted octanol–water partition coefficient (Wildman–Crippen LogP) is 3.68. The van der Waals surface area contributed by atoms with E-state index in [4.69, 9.17) is 27.9 Å². The molecule has 22 heavy (non-hydrogen) atoms. The number of carboxylic acids is 1. The average Bonchev–Trinajstić information content (AvgIpc) is 2.93. The number of imidazole rings is 1. The number of aromatic carboxylic acids is 1. The van der Waals surface area contributed by atoms with Gasteiger partial charge in [0.25, 0.3) is 0 Å². The van der Waals surface area contributed by atoms with Crippen molar-refractivity contribution in [1.29, 1.82) is 0 Å². The van der Waals surface area contributed by atoms with E-state index in [0.717, 1.165) is 0 Å². The summed E-state index contributed by atoms with van der Waals surface area (Å²) in [5.74, 6) is -0.586. The summed E-state index contributed by atoms with van der Waals surface area (Å²) in [6.07, 6.45) is 0. The number of carboxylic acid groups (broad SMARTS) is 1. The normalized spacial score (nSPS) is 11.0. The van der Waals surface area contributed by atoms with Crippen LogP contribution in [0.4, 0.5) is 0 Å². The van der Waals surface area contributed by atoms with Crippen molar-refractivity contribution in [3.05, 3.63) is 44.6 Å². The quantitative estimate of drug-likeness (QED) is 0.770. The molecule has 0 spiro atoms. The third-order valence-electron chi connectivity index (χ3n) is 2.87. The Morgan fingerprint density at radius 3 is 2.91 bits per heavy atom. The number of rotatable bonds is 4. The van der Waals surface area contributed by atoms with Gasteiger partial charge in [0, 0.05) is 5.02 Å². The first-order chi connectivity index (χ1) is 10.5. The van der Waals surface area contributed by atoms with Crippen molar-refractivity contribution in [3.8, 4) is 5.75 Å². The van der Waals surface area contributed by atoms with Crippen LogP contribution in [0.3, 0.4) is 0 Å². The minimum Gasteiger partial charge on any atom is -0.485 e.